The number of amides is 1. The highest BCUT2D eigenvalue weighted by molar-refractivity contribution is 7.13. The Morgan fingerprint density at radius 1 is 1.00 bits per heavy atom. The highest BCUT2D eigenvalue weighted by Crippen LogP contribution is 2.43. The van der Waals surface area contributed by atoms with Crippen molar-refractivity contribution >= 4 is 22.4 Å². The van der Waals surface area contributed by atoms with E-state index in [1.807, 2.05) is 0 Å². The molecule has 5 nitrogen and oxygen atoms in total. The minimum Gasteiger partial charge on any atom is -0.294 e. The number of alkyl halides is 9. The van der Waals surface area contributed by atoms with Gasteiger partial charge in [-0.25, -0.2) is 14.5 Å². The van der Waals surface area contributed by atoms with Gasteiger partial charge >= 0.3 is 30.6 Å². The van der Waals surface area contributed by atoms with Gasteiger partial charge in [-0.2, -0.15) is 26.3 Å². The third-order valence-electron chi connectivity index (χ3n) is 1.76. The number of carbonyl (C=O) groups is 1. The third-order valence-corrected chi connectivity index (χ3v) is 2.44. The molecule has 1 aromatic rings. The summed E-state index contributed by atoms with van der Waals surface area (Å²) in [6.07, 6.45) is -23.9. The molecule has 0 aliphatic rings. The largest absolute Gasteiger partial charge is 0.527 e. The van der Waals surface area contributed by atoms with Gasteiger partial charge < -0.3 is 0 Å². The lowest BCUT2D eigenvalue weighted by Crippen LogP contribution is -2.53. The van der Waals surface area contributed by atoms with Crippen LogP contribution >= 0.6 is 11.3 Å². The highest BCUT2D eigenvalue weighted by atomic mass is 32.1. The molecular formula is C8H3F9N2O3S. The van der Waals surface area contributed by atoms with E-state index in [0.29, 0.717) is 11.3 Å². The molecule has 0 saturated carbocycles. The first-order chi connectivity index (χ1) is 10.2. The second-order valence-electron chi connectivity index (χ2n) is 3.49. The van der Waals surface area contributed by atoms with Crippen LogP contribution in [0.15, 0.2) is 11.6 Å². The van der Waals surface area contributed by atoms with E-state index in [1.165, 1.54) is 10.7 Å². The van der Waals surface area contributed by atoms with E-state index in [1.54, 1.807) is 4.74 Å². The summed E-state index contributed by atoms with van der Waals surface area (Å²) in [6.45, 7) is 0. The van der Waals surface area contributed by atoms with Gasteiger partial charge in [-0.05, 0) is 0 Å². The fourth-order valence-electron chi connectivity index (χ4n) is 0.927. The third kappa shape index (κ3) is 5.21. The van der Waals surface area contributed by atoms with E-state index < -0.39 is 35.7 Å². The van der Waals surface area contributed by atoms with Gasteiger partial charge in [-0.1, -0.05) is 0 Å². The number of nitrogens with zero attached hydrogens (tertiary/aromatic N) is 1. The number of anilines is 1. The summed E-state index contributed by atoms with van der Waals surface area (Å²) in [5.41, 5.74) is 0. The number of nitrogens with one attached hydrogen (secondary N) is 1. The number of halogens is 9. The van der Waals surface area contributed by atoms with Crippen LogP contribution in [-0.2, 0) is 14.3 Å². The SMILES string of the molecule is O=C(Nc1nccs1)C(F)(F)OC(F)(F)C(F)(F)OC(F)(F)F. The molecule has 0 radical (unpaired) electrons. The first-order valence-corrected chi connectivity index (χ1v) is 5.86. The van der Waals surface area contributed by atoms with Crippen molar-refractivity contribution in [2.75, 3.05) is 5.32 Å². The van der Waals surface area contributed by atoms with Crippen molar-refractivity contribution in [3.63, 3.8) is 0 Å². The van der Waals surface area contributed by atoms with Crippen LogP contribution < -0.4 is 5.32 Å². The van der Waals surface area contributed by atoms with Crippen LogP contribution in [0.25, 0.3) is 0 Å². The van der Waals surface area contributed by atoms with Crippen LogP contribution in [0.1, 0.15) is 0 Å². The summed E-state index contributed by atoms with van der Waals surface area (Å²) in [5.74, 6) is -2.66. The van der Waals surface area contributed by atoms with E-state index in [9.17, 15) is 44.3 Å². The number of hydrogen-bond donors (Lipinski definition) is 1. The van der Waals surface area contributed by atoms with Crippen LogP contribution in [0.5, 0.6) is 0 Å². The van der Waals surface area contributed by atoms with E-state index in [0.717, 1.165) is 6.20 Å². The number of rotatable bonds is 6. The zero-order chi connectivity index (χ0) is 18.1. The number of thiazole rings is 1. The molecule has 1 N–H and O–H groups in total. The molecule has 1 aromatic heterocycles. The van der Waals surface area contributed by atoms with E-state index in [-0.39, 0.29) is 0 Å². The molecule has 0 spiro atoms. The molecule has 0 saturated heterocycles. The van der Waals surface area contributed by atoms with E-state index >= 15 is 0 Å². The fourth-order valence-corrected chi connectivity index (χ4v) is 1.45. The normalized spacial score (nSPS) is 14.0. The van der Waals surface area contributed by atoms with Crippen molar-refractivity contribution in [3.05, 3.63) is 11.6 Å². The lowest BCUT2D eigenvalue weighted by atomic mass is 10.5. The monoisotopic (exact) mass is 378 g/mol. The maximum Gasteiger partial charge on any atom is 0.527 e. The Balaban J connectivity index is 2.86. The zero-order valence-corrected chi connectivity index (χ0v) is 11.0. The number of aromatic nitrogens is 1. The molecule has 0 atom stereocenters. The van der Waals surface area contributed by atoms with Gasteiger partial charge in [-0.3, -0.25) is 10.1 Å². The molecule has 0 bridgehead atoms. The maximum atomic E-state index is 13.1. The van der Waals surface area contributed by atoms with Crippen molar-refractivity contribution < 1.29 is 53.8 Å². The minimum atomic E-state index is -6.52. The lowest BCUT2D eigenvalue weighted by Gasteiger charge is -2.28. The summed E-state index contributed by atoms with van der Waals surface area (Å²) >= 11 is 0.558. The maximum absolute atomic E-state index is 13.1. The Hall–Kier alpha value is -1.61. The first-order valence-electron chi connectivity index (χ1n) is 4.98. The van der Waals surface area contributed by atoms with Gasteiger partial charge in [0, 0.05) is 11.6 Å². The predicted octanol–water partition coefficient (Wildman–Crippen LogP) is 3.41. The van der Waals surface area contributed by atoms with Gasteiger partial charge in [0.1, 0.15) is 0 Å². The first kappa shape index (κ1) is 19.4. The van der Waals surface area contributed by atoms with Crippen LogP contribution in [-0.4, -0.2) is 35.6 Å². The van der Waals surface area contributed by atoms with Crippen molar-refractivity contribution in [1.82, 2.24) is 4.98 Å². The minimum absolute atomic E-state index is 0.528. The van der Waals surface area contributed by atoms with Gasteiger partial charge in [0.25, 0.3) is 0 Å². The lowest BCUT2D eigenvalue weighted by molar-refractivity contribution is -0.523. The smallest absolute Gasteiger partial charge is 0.294 e. The molecule has 0 fully saturated rings. The van der Waals surface area contributed by atoms with Gasteiger partial charge in [0.05, 0.1) is 0 Å². The summed E-state index contributed by atoms with van der Waals surface area (Å²) < 4.78 is 116. The zero-order valence-electron chi connectivity index (χ0n) is 10.1. The molecule has 15 heteroatoms. The molecule has 1 heterocycles. The average molecular weight is 378 g/mol. The number of carbonyl (C=O) groups excluding carboxylic acids is 1. The molecule has 0 aliphatic heterocycles. The van der Waals surface area contributed by atoms with Crippen LogP contribution in [0.3, 0.4) is 0 Å². The van der Waals surface area contributed by atoms with Crippen LogP contribution in [0, 0.1) is 0 Å². The Bertz CT molecular complexity index is 545. The highest BCUT2D eigenvalue weighted by Gasteiger charge is 2.69. The van der Waals surface area contributed by atoms with Crippen LogP contribution in [0.4, 0.5) is 44.6 Å². The van der Waals surface area contributed by atoms with E-state index in [4.69, 9.17) is 0 Å². The molecule has 23 heavy (non-hydrogen) atoms. The Morgan fingerprint density at radius 2 is 1.52 bits per heavy atom. The van der Waals surface area contributed by atoms with Crippen molar-refractivity contribution in [2.45, 2.75) is 24.7 Å². The summed E-state index contributed by atoms with van der Waals surface area (Å²) in [6, 6.07) is 0. The van der Waals surface area contributed by atoms with Gasteiger partial charge in [0.15, 0.2) is 5.13 Å². The average Bonchev–Trinajstić information content (AvgIpc) is 2.76. The van der Waals surface area contributed by atoms with Crippen LogP contribution in [0.2, 0.25) is 0 Å². The summed E-state index contributed by atoms with van der Waals surface area (Å²) in [4.78, 5) is 14.2. The molecule has 1 amide bonds. The van der Waals surface area contributed by atoms with Crippen molar-refractivity contribution in [1.29, 1.82) is 0 Å². The second-order valence-corrected chi connectivity index (χ2v) is 4.39. The number of hydrogen-bond acceptors (Lipinski definition) is 5. The van der Waals surface area contributed by atoms with Gasteiger partial charge in [0.2, 0.25) is 0 Å². The summed E-state index contributed by atoms with van der Waals surface area (Å²) in [7, 11) is 0. The fraction of sp³-hybridized carbons (Fsp3) is 0.500. The summed E-state index contributed by atoms with van der Waals surface area (Å²) in [5, 5.41) is 1.88. The quantitative estimate of drug-likeness (QED) is 0.771. The van der Waals surface area contributed by atoms with Crippen molar-refractivity contribution in [3.8, 4) is 0 Å². The molecule has 0 aliphatic carbocycles. The Kier molecular flexibility index (Phi) is 5.17. The molecule has 1 rings (SSSR count). The standard InChI is InChI=1S/C8H3F9N2O3S/c9-5(10,3(20)19-4-18-1-2-23-4)21-6(11,12)7(13,14)22-8(15,16)17/h1-2H,(H,18,19,20). The molecule has 0 unspecified atom stereocenters. The molecule has 132 valence electrons. The topological polar surface area (TPSA) is 60.5 Å². The predicted molar refractivity (Wildman–Crippen MR) is 53.8 cm³/mol. The second kappa shape index (κ2) is 6.12. The molecule has 0 aromatic carbocycles. The van der Waals surface area contributed by atoms with E-state index in [2.05, 4.69) is 9.72 Å². The molecular weight excluding hydrogens is 375 g/mol. The number of ether oxygens (including phenoxy) is 2. The Labute approximate surface area is 124 Å². The van der Waals surface area contributed by atoms with Gasteiger partial charge in [-0.15, -0.1) is 24.5 Å². The van der Waals surface area contributed by atoms with Crippen molar-refractivity contribution in [2.24, 2.45) is 0 Å². The Morgan fingerprint density at radius 3 is 1.96 bits per heavy atom.